The molecule has 0 saturated carbocycles. The molecule has 0 spiro atoms. The number of carbonyl (C=O) groups is 1. The molecular weight excluding hydrogens is 372 g/mol. The Morgan fingerprint density at radius 1 is 1.27 bits per heavy atom. The number of fused-ring (bicyclic) bond motifs is 1. The first kappa shape index (κ1) is 20.5. The maximum atomic E-state index is 13.1. The fourth-order valence-corrected chi connectivity index (χ4v) is 4.28. The van der Waals surface area contributed by atoms with Crippen LogP contribution in [0.2, 0.25) is 0 Å². The third-order valence-electron chi connectivity index (χ3n) is 5.84. The molecule has 1 aliphatic heterocycles. The summed E-state index contributed by atoms with van der Waals surface area (Å²) in [5.41, 5.74) is 4.30. The number of aryl methyl sites for hydroxylation is 1. The van der Waals surface area contributed by atoms with Crippen LogP contribution in [0.3, 0.4) is 0 Å². The van der Waals surface area contributed by atoms with Crippen LogP contribution in [-0.4, -0.2) is 47.0 Å². The van der Waals surface area contributed by atoms with Crippen molar-refractivity contribution in [3.63, 3.8) is 0 Å². The molecule has 0 radical (unpaired) electrons. The van der Waals surface area contributed by atoms with Gasteiger partial charge in [0.15, 0.2) is 0 Å². The molecule has 1 fully saturated rings. The van der Waals surface area contributed by atoms with Crippen molar-refractivity contribution in [2.24, 2.45) is 5.92 Å². The Kier molecular flexibility index (Phi) is 6.38. The van der Waals surface area contributed by atoms with Gasteiger partial charge < -0.3 is 10.2 Å². The summed E-state index contributed by atoms with van der Waals surface area (Å²) in [4.78, 5) is 24.6. The van der Waals surface area contributed by atoms with E-state index in [0.29, 0.717) is 12.1 Å². The Balaban J connectivity index is 1.50. The molecule has 1 aromatic carbocycles. The molecule has 1 amide bonds. The number of benzene rings is 1. The Bertz CT molecular complexity index is 1020. The van der Waals surface area contributed by atoms with E-state index in [1.807, 2.05) is 43.3 Å². The summed E-state index contributed by atoms with van der Waals surface area (Å²) in [6.45, 7) is 8.45. The minimum atomic E-state index is -0.0369. The normalized spacial score (nSPS) is 17.2. The third kappa shape index (κ3) is 4.85. The second kappa shape index (κ2) is 9.35. The Morgan fingerprint density at radius 3 is 2.97 bits per heavy atom. The number of hydrogen-bond donors (Lipinski definition) is 1. The highest BCUT2D eigenvalue weighted by Gasteiger charge is 2.17. The van der Waals surface area contributed by atoms with Gasteiger partial charge in [-0.2, -0.15) is 0 Å². The Labute approximate surface area is 178 Å². The van der Waals surface area contributed by atoms with Crippen LogP contribution in [-0.2, 0) is 0 Å². The van der Waals surface area contributed by atoms with E-state index in [0.717, 1.165) is 46.6 Å². The largest absolute Gasteiger partial charge is 0.352 e. The van der Waals surface area contributed by atoms with Gasteiger partial charge in [-0.05, 0) is 75.5 Å². The molecule has 5 nitrogen and oxygen atoms in total. The molecule has 1 saturated heterocycles. The monoisotopic (exact) mass is 402 g/mol. The van der Waals surface area contributed by atoms with E-state index in [9.17, 15) is 4.79 Å². The zero-order valence-corrected chi connectivity index (χ0v) is 17.9. The van der Waals surface area contributed by atoms with E-state index in [4.69, 9.17) is 4.98 Å². The van der Waals surface area contributed by atoms with E-state index in [-0.39, 0.29) is 5.91 Å². The summed E-state index contributed by atoms with van der Waals surface area (Å²) >= 11 is 0. The van der Waals surface area contributed by atoms with E-state index < -0.39 is 0 Å². The first-order chi connectivity index (χ1) is 14.6. The summed E-state index contributed by atoms with van der Waals surface area (Å²) in [5.74, 6) is 0.746. The lowest BCUT2D eigenvalue weighted by atomic mass is 10.0. The molecular formula is C25H30N4O. The zero-order valence-electron chi connectivity index (χ0n) is 17.9. The lowest BCUT2D eigenvalue weighted by molar-refractivity contribution is 0.0951. The maximum absolute atomic E-state index is 13.1. The lowest BCUT2D eigenvalue weighted by Gasteiger charge is -2.30. The number of aromatic nitrogens is 2. The van der Waals surface area contributed by atoms with Gasteiger partial charge in [-0.25, -0.2) is 4.98 Å². The van der Waals surface area contributed by atoms with Crippen molar-refractivity contribution in [3.8, 4) is 11.3 Å². The van der Waals surface area contributed by atoms with Crippen LogP contribution in [0.25, 0.3) is 22.2 Å². The number of nitrogens with zero attached hydrogens (tertiary/aromatic N) is 3. The first-order valence-corrected chi connectivity index (χ1v) is 10.9. The molecule has 3 heterocycles. The fourth-order valence-electron chi connectivity index (χ4n) is 4.28. The predicted molar refractivity (Wildman–Crippen MR) is 121 cm³/mol. The van der Waals surface area contributed by atoms with Gasteiger partial charge in [-0.3, -0.25) is 9.78 Å². The average molecular weight is 403 g/mol. The average Bonchev–Trinajstić information content (AvgIpc) is 2.76. The van der Waals surface area contributed by atoms with E-state index in [1.54, 1.807) is 12.4 Å². The van der Waals surface area contributed by atoms with Crippen molar-refractivity contribution in [2.75, 3.05) is 26.2 Å². The summed E-state index contributed by atoms with van der Waals surface area (Å²) < 4.78 is 0. The summed E-state index contributed by atoms with van der Waals surface area (Å²) in [6.07, 6.45) is 7.11. The molecule has 5 heteroatoms. The van der Waals surface area contributed by atoms with Crippen LogP contribution in [0.5, 0.6) is 0 Å². The van der Waals surface area contributed by atoms with Gasteiger partial charge >= 0.3 is 0 Å². The van der Waals surface area contributed by atoms with E-state index in [2.05, 4.69) is 22.1 Å². The molecule has 3 aromatic rings. The van der Waals surface area contributed by atoms with Crippen molar-refractivity contribution in [2.45, 2.75) is 33.1 Å². The highest BCUT2D eigenvalue weighted by Crippen LogP contribution is 2.25. The number of amides is 1. The molecule has 156 valence electrons. The van der Waals surface area contributed by atoms with Crippen LogP contribution in [0, 0.1) is 12.8 Å². The molecule has 2 aromatic heterocycles. The quantitative estimate of drug-likeness (QED) is 0.619. The van der Waals surface area contributed by atoms with Crippen molar-refractivity contribution >= 4 is 16.8 Å². The SMILES string of the molecule is Cc1ccc2nc(-c3cccnc3)cc(C(=O)NCCCN3CCC[C@H](C)C3)c2c1. The molecule has 1 atom stereocenters. The molecule has 4 rings (SSSR count). The number of hydrogen-bond acceptors (Lipinski definition) is 4. The second-order valence-electron chi connectivity index (χ2n) is 8.47. The number of rotatable bonds is 6. The van der Waals surface area contributed by atoms with Crippen molar-refractivity contribution in [1.82, 2.24) is 20.2 Å². The molecule has 1 aliphatic rings. The maximum Gasteiger partial charge on any atom is 0.252 e. The van der Waals surface area contributed by atoms with Crippen molar-refractivity contribution < 1.29 is 4.79 Å². The number of nitrogens with one attached hydrogen (secondary N) is 1. The van der Waals surface area contributed by atoms with Crippen LogP contribution in [0.15, 0.2) is 48.8 Å². The third-order valence-corrected chi connectivity index (χ3v) is 5.84. The second-order valence-corrected chi connectivity index (χ2v) is 8.47. The number of likely N-dealkylation sites (tertiary alicyclic amines) is 1. The molecule has 0 unspecified atom stereocenters. The highest BCUT2D eigenvalue weighted by atomic mass is 16.1. The Hall–Kier alpha value is -2.79. The van der Waals surface area contributed by atoms with Crippen molar-refractivity contribution in [3.05, 3.63) is 59.9 Å². The van der Waals surface area contributed by atoms with E-state index >= 15 is 0 Å². The standard InChI is InChI=1S/C25H30N4O/c1-18-8-9-23-21(14-18)22(15-24(28-23)20-7-3-10-26-16-20)25(30)27-11-5-13-29-12-4-6-19(2)17-29/h3,7-10,14-16,19H,4-6,11-13,17H2,1-2H3,(H,27,30)/t19-/m0/s1. The summed E-state index contributed by atoms with van der Waals surface area (Å²) in [7, 11) is 0. The van der Waals surface area contributed by atoms with Gasteiger partial charge in [0.2, 0.25) is 0 Å². The van der Waals surface area contributed by atoms with Crippen LogP contribution >= 0.6 is 0 Å². The van der Waals surface area contributed by atoms with Gasteiger partial charge in [0.25, 0.3) is 5.91 Å². The summed E-state index contributed by atoms with van der Waals surface area (Å²) in [6, 6.07) is 11.8. The lowest BCUT2D eigenvalue weighted by Crippen LogP contribution is -2.36. The van der Waals surface area contributed by atoms with Gasteiger partial charge in [0.1, 0.15) is 0 Å². The predicted octanol–water partition coefficient (Wildman–Crippen LogP) is 4.46. The number of pyridine rings is 2. The van der Waals surface area contributed by atoms with Gasteiger partial charge in [0.05, 0.1) is 16.8 Å². The van der Waals surface area contributed by atoms with Gasteiger partial charge in [-0.15, -0.1) is 0 Å². The number of carbonyl (C=O) groups excluding carboxylic acids is 1. The molecule has 30 heavy (non-hydrogen) atoms. The van der Waals surface area contributed by atoms with Crippen LogP contribution in [0.1, 0.15) is 42.1 Å². The van der Waals surface area contributed by atoms with E-state index in [1.165, 1.54) is 25.9 Å². The highest BCUT2D eigenvalue weighted by molar-refractivity contribution is 6.07. The fraction of sp³-hybridized carbons (Fsp3) is 0.400. The smallest absolute Gasteiger partial charge is 0.252 e. The summed E-state index contributed by atoms with van der Waals surface area (Å²) in [5, 5.41) is 4.02. The number of piperidine rings is 1. The minimum absolute atomic E-state index is 0.0369. The topological polar surface area (TPSA) is 58.1 Å². The van der Waals surface area contributed by atoms with Gasteiger partial charge in [0, 0.05) is 36.4 Å². The minimum Gasteiger partial charge on any atom is -0.352 e. The zero-order chi connectivity index (χ0) is 20.9. The Morgan fingerprint density at radius 2 is 2.17 bits per heavy atom. The van der Waals surface area contributed by atoms with Gasteiger partial charge in [-0.1, -0.05) is 18.6 Å². The first-order valence-electron chi connectivity index (χ1n) is 10.9. The van der Waals surface area contributed by atoms with Crippen LogP contribution < -0.4 is 5.32 Å². The molecule has 1 N–H and O–H groups in total. The molecule has 0 bridgehead atoms. The van der Waals surface area contributed by atoms with Crippen molar-refractivity contribution in [1.29, 1.82) is 0 Å². The van der Waals surface area contributed by atoms with Crippen LogP contribution in [0.4, 0.5) is 0 Å². The molecule has 0 aliphatic carbocycles.